The Hall–Kier alpha value is -6.49. The fraction of sp³-hybridized carbons (Fsp3) is 0.473. The van der Waals surface area contributed by atoms with Crippen LogP contribution in [0.3, 0.4) is 0 Å². The number of aromatic nitrogens is 4. The number of ether oxygens (including phenoxy) is 2. The Morgan fingerprint density at radius 3 is 2.14 bits per heavy atom. The quantitative estimate of drug-likeness (QED) is 0.0399. The van der Waals surface area contributed by atoms with E-state index in [1.807, 2.05) is 84.0 Å². The molecule has 0 bridgehead atoms. The molecule has 380 valence electrons. The maximum absolute atomic E-state index is 14.5. The first-order valence-electron chi connectivity index (χ1n) is 24.7. The fourth-order valence-corrected chi connectivity index (χ4v) is 9.32. The minimum Gasteiger partial charge on any atom is -0.481 e. The van der Waals surface area contributed by atoms with E-state index in [0.29, 0.717) is 49.3 Å². The number of benzene rings is 1. The molecular formula is C55H71N7O9. The average Bonchev–Trinajstić information content (AvgIpc) is 3.32. The van der Waals surface area contributed by atoms with Crippen LogP contribution in [-0.2, 0) is 30.3 Å². The molecule has 1 saturated heterocycles. The monoisotopic (exact) mass is 974 g/mol. The maximum Gasteiger partial charge on any atom is 0.307 e. The normalized spacial score (nSPS) is 16.4. The topological polar surface area (TPSA) is 207 Å². The third-order valence-corrected chi connectivity index (χ3v) is 13.2. The zero-order valence-corrected chi connectivity index (χ0v) is 42.6. The van der Waals surface area contributed by atoms with Crippen molar-refractivity contribution in [2.24, 2.45) is 11.8 Å². The molecule has 3 unspecified atom stereocenters. The number of hydrogen-bond acceptors (Lipinski definition) is 12. The summed E-state index contributed by atoms with van der Waals surface area (Å²) in [6.07, 6.45) is 5.70. The zero-order valence-electron chi connectivity index (χ0n) is 42.6. The SMILES string of the molecule is CCc1ncc([C@H](CC(=O)O)NC(=O)C(CC(C)COC(=O)C[C@H](NC(O)[C@H](CC(C)C)n2ccc(C)cc2=O)c2cnc(C)c(N3CCOC[C@@H]3C)c2)n2ccc(C)cc2=O)cc1-c1ccccc1C. The molecule has 6 rings (SSSR count). The molecule has 1 fully saturated rings. The summed E-state index contributed by atoms with van der Waals surface area (Å²) >= 11 is 0. The molecule has 16 heteroatoms. The van der Waals surface area contributed by atoms with Crippen LogP contribution >= 0.6 is 0 Å². The number of aliphatic carboxylic acids is 1. The third-order valence-electron chi connectivity index (χ3n) is 13.2. The van der Waals surface area contributed by atoms with Crippen LogP contribution < -0.4 is 26.7 Å². The van der Waals surface area contributed by atoms with Gasteiger partial charge in [0.1, 0.15) is 12.3 Å². The van der Waals surface area contributed by atoms with Gasteiger partial charge in [-0.3, -0.25) is 39.3 Å². The molecule has 5 heterocycles. The van der Waals surface area contributed by atoms with Gasteiger partial charge >= 0.3 is 11.9 Å². The second-order valence-electron chi connectivity index (χ2n) is 19.6. The summed E-state index contributed by atoms with van der Waals surface area (Å²) in [5, 5.41) is 28.3. The van der Waals surface area contributed by atoms with Gasteiger partial charge in [0.25, 0.3) is 11.1 Å². The van der Waals surface area contributed by atoms with Crippen LogP contribution in [0.1, 0.15) is 124 Å². The van der Waals surface area contributed by atoms with Gasteiger partial charge in [-0.1, -0.05) is 52.0 Å². The highest BCUT2D eigenvalue weighted by Crippen LogP contribution is 2.32. The maximum atomic E-state index is 14.5. The van der Waals surface area contributed by atoms with Crippen LogP contribution in [0.2, 0.25) is 0 Å². The number of amides is 1. The summed E-state index contributed by atoms with van der Waals surface area (Å²) in [7, 11) is 0. The van der Waals surface area contributed by atoms with E-state index in [0.717, 1.165) is 39.3 Å². The fourth-order valence-electron chi connectivity index (χ4n) is 9.32. The predicted molar refractivity (Wildman–Crippen MR) is 273 cm³/mol. The minimum absolute atomic E-state index is 0.0505. The second-order valence-corrected chi connectivity index (χ2v) is 19.6. The Labute approximate surface area is 416 Å². The van der Waals surface area contributed by atoms with Crippen LogP contribution in [0.5, 0.6) is 0 Å². The summed E-state index contributed by atoms with van der Waals surface area (Å²) in [5.41, 5.74) is 7.24. The Bertz CT molecular complexity index is 2770. The lowest BCUT2D eigenvalue weighted by atomic mass is 9.94. The molecule has 0 spiro atoms. The smallest absolute Gasteiger partial charge is 0.307 e. The van der Waals surface area contributed by atoms with E-state index >= 15 is 0 Å². The summed E-state index contributed by atoms with van der Waals surface area (Å²) in [4.78, 5) is 79.4. The number of aryl methyl sites for hydroxylation is 5. The van der Waals surface area contributed by atoms with Gasteiger partial charge < -0.3 is 39.0 Å². The van der Waals surface area contributed by atoms with Crippen molar-refractivity contribution in [3.8, 4) is 11.1 Å². The van der Waals surface area contributed by atoms with Gasteiger partial charge in [-0.2, -0.15) is 0 Å². The molecule has 0 aliphatic carbocycles. The molecule has 1 aliphatic heterocycles. The molecule has 1 aliphatic rings. The number of esters is 1. The van der Waals surface area contributed by atoms with Crippen molar-refractivity contribution in [2.75, 3.05) is 31.3 Å². The molecule has 5 aromatic rings. The van der Waals surface area contributed by atoms with E-state index in [-0.39, 0.29) is 37.0 Å². The molecule has 16 nitrogen and oxygen atoms in total. The Morgan fingerprint density at radius 1 is 0.845 bits per heavy atom. The zero-order chi connectivity index (χ0) is 51.5. The number of anilines is 1. The Balaban J connectivity index is 1.25. The second kappa shape index (κ2) is 24.6. The van der Waals surface area contributed by atoms with Gasteiger partial charge in [-0.05, 0) is 123 Å². The van der Waals surface area contributed by atoms with Crippen molar-refractivity contribution in [1.82, 2.24) is 29.7 Å². The first-order chi connectivity index (χ1) is 33.8. The van der Waals surface area contributed by atoms with E-state index in [9.17, 15) is 34.2 Å². The van der Waals surface area contributed by atoms with Crippen LogP contribution in [0.25, 0.3) is 11.1 Å². The third kappa shape index (κ3) is 14.1. The predicted octanol–water partition coefficient (Wildman–Crippen LogP) is 7.26. The average molecular weight is 974 g/mol. The van der Waals surface area contributed by atoms with Crippen LogP contribution in [0.15, 0.2) is 95.0 Å². The van der Waals surface area contributed by atoms with Gasteiger partial charge in [-0.25, -0.2) is 0 Å². The number of carbonyl (C=O) groups is 3. The lowest BCUT2D eigenvalue weighted by Crippen LogP contribution is -2.45. The number of carbonyl (C=O) groups excluding carboxylic acids is 2. The standard InChI is InChI=1S/C55H71N7O9/c1-10-44-43(42-14-12-11-13-37(42)7)25-40(30-57-44)45(27-52(65)66)58-55(69)49(62-18-16-35(5)24-51(62)64)22-36(6)31-71-53(67)28-46(41-26-47(39(9)56-29-41)60-19-20-70-32-38(60)8)59-54(68)48(21-33(2)3)61-17-15-34(4)23-50(61)63/h11-18,23-26,29-30,33,36,38,45-46,48-49,54,59,68H,10,19-22,27-28,31-32H2,1-9H3,(H,58,69)(H,65,66)/t36?,38-,45-,46-,48-,49?,54?/m0/s1. The molecular weight excluding hydrogens is 903 g/mol. The van der Waals surface area contributed by atoms with Gasteiger partial charge in [0.15, 0.2) is 0 Å². The number of nitrogens with zero attached hydrogens (tertiary/aromatic N) is 5. The molecule has 0 saturated carbocycles. The van der Waals surface area contributed by atoms with Crippen LogP contribution in [0, 0.1) is 39.5 Å². The number of morpholine rings is 1. The lowest BCUT2D eigenvalue weighted by molar-refractivity contribution is -0.146. The Kier molecular flexibility index (Phi) is 18.6. The van der Waals surface area contributed by atoms with E-state index in [1.54, 1.807) is 44.7 Å². The first kappa shape index (κ1) is 53.9. The summed E-state index contributed by atoms with van der Waals surface area (Å²) in [6.45, 7) is 19.0. The summed E-state index contributed by atoms with van der Waals surface area (Å²) in [5.74, 6) is -2.69. The van der Waals surface area contributed by atoms with E-state index in [1.165, 1.54) is 21.3 Å². The number of pyridine rings is 4. The van der Waals surface area contributed by atoms with Crippen LogP contribution in [0.4, 0.5) is 5.69 Å². The summed E-state index contributed by atoms with van der Waals surface area (Å²) < 4.78 is 14.5. The molecule has 4 aromatic heterocycles. The van der Waals surface area contributed by atoms with Gasteiger partial charge in [-0.15, -0.1) is 0 Å². The molecule has 7 atom stereocenters. The number of aliphatic hydroxyl groups is 1. The molecule has 4 N–H and O–H groups in total. The molecule has 1 amide bonds. The van der Waals surface area contributed by atoms with Gasteiger partial charge in [0.2, 0.25) is 5.91 Å². The first-order valence-corrected chi connectivity index (χ1v) is 24.7. The number of rotatable bonds is 22. The van der Waals surface area contributed by atoms with E-state index in [4.69, 9.17) is 19.4 Å². The number of nitrogens with one attached hydrogen (secondary N) is 2. The highest BCUT2D eigenvalue weighted by Gasteiger charge is 2.32. The van der Waals surface area contributed by atoms with Gasteiger partial charge in [0.05, 0.1) is 56.1 Å². The van der Waals surface area contributed by atoms with Crippen molar-refractivity contribution >= 4 is 23.5 Å². The minimum atomic E-state index is -1.27. The van der Waals surface area contributed by atoms with E-state index in [2.05, 4.69) is 22.5 Å². The highest BCUT2D eigenvalue weighted by molar-refractivity contribution is 5.82. The van der Waals surface area contributed by atoms with E-state index < -0.39 is 66.1 Å². The lowest BCUT2D eigenvalue weighted by Gasteiger charge is -2.36. The Morgan fingerprint density at radius 2 is 1.51 bits per heavy atom. The van der Waals surface area contributed by atoms with Crippen molar-refractivity contribution in [3.05, 3.63) is 145 Å². The number of carboxylic acids is 1. The highest BCUT2D eigenvalue weighted by atomic mass is 16.5. The summed E-state index contributed by atoms with van der Waals surface area (Å²) in [6, 6.07) is 14.7. The number of aliphatic hydroxyl groups excluding tert-OH is 1. The van der Waals surface area contributed by atoms with Crippen molar-refractivity contribution < 1.29 is 34.1 Å². The largest absolute Gasteiger partial charge is 0.481 e. The van der Waals surface area contributed by atoms with Crippen LogP contribution in [-0.4, -0.2) is 85.8 Å². The molecule has 1 aromatic carbocycles. The van der Waals surface area contributed by atoms with Crippen molar-refractivity contribution in [1.29, 1.82) is 0 Å². The van der Waals surface area contributed by atoms with Crippen molar-refractivity contribution in [2.45, 2.75) is 131 Å². The van der Waals surface area contributed by atoms with Gasteiger partial charge in [0, 0.05) is 66.8 Å². The van der Waals surface area contributed by atoms with Crippen molar-refractivity contribution in [3.63, 3.8) is 0 Å². The molecule has 71 heavy (non-hydrogen) atoms. The number of hydrogen-bond donors (Lipinski definition) is 4. The number of carboxylic acid groups (broad SMARTS) is 1. The molecule has 0 radical (unpaired) electrons.